The van der Waals surface area contributed by atoms with E-state index in [2.05, 4.69) is 22.6 Å². The molecule has 2 aromatic carbocycles. The van der Waals surface area contributed by atoms with Crippen molar-refractivity contribution < 1.29 is 14.6 Å². The van der Waals surface area contributed by atoms with Crippen LogP contribution in [0.15, 0.2) is 41.5 Å². The Labute approximate surface area is 162 Å². The van der Waals surface area contributed by atoms with Crippen molar-refractivity contribution in [3.8, 4) is 5.75 Å². The van der Waals surface area contributed by atoms with E-state index >= 15 is 0 Å². The number of anilines is 2. The fourth-order valence-electron chi connectivity index (χ4n) is 2.98. The summed E-state index contributed by atoms with van der Waals surface area (Å²) in [6, 6.07) is 10.3. The molecule has 0 spiro atoms. The minimum atomic E-state index is -0.980. The number of carboxylic acid groups (broad SMARTS) is 1. The lowest BCUT2D eigenvalue weighted by Crippen LogP contribution is -2.34. The van der Waals surface area contributed by atoms with Crippen LogP contribution in [0.3, 0.4) is 0 Å². The summed E-state index contributed by atoms with van der Waals surface area (Å²) in [6.07, 6.45) is 0. The molecule has 0 unspecified atom stereocenters. The van der Waals surface area contributed by atoms with Crippen molar-refractivity contribution in [3.05, 3.63) is 52.5 Å². The second-order valence-electron chi connectivity index (χ2n) is 5.84. The van der Waals surface area contributed by atoms with E-state index in [1.54, 1.807) is 30.3 Å². The van der Waals surface area contributed by atoms with Crippen molar-refractivity contribution in [2.75, 3.05) is 17.3 Å². The van der Waals surface area contributed by atoms with Crippen molar-refractivity contribution in [2.45, 2.75) is 4.05 Å². The first-order valence-electron chi connectivity index (χ1n) is 7.53. The molecule has 2 aromatic rings. The van der Waals surface area contributed by atoms with E-state index in [1.807, 2.05) is 11.1 Å². The van der Waals surface area contributed by atoms with Crippen molar-refractivity contribution in [2.24, 2.45) is 11.0 Å². The summed E-state index contributed by atoms with van der Waals surface area (Å²) in [5.74, 6) is -0.345. The van der Waals surface area contributed by atoms with Crippen LogP contribution in [-0.2, 0) is 0 Å². The lowest BCUT2D eigenvalue weighted by Gasteiger charge is -2.26. The molecule has 2 atom stereocenters. The largest absolute Gasteiger partial charge is 0.492 e. The molecule has 0 aromatic heterocycles. The van der Waals surface area contributed by atoms with Gasteiger partial charge in [0, 0.05) is 5.56 Å². The Hall–Kier alpha value is -2.00. The number of aromatic carboxylic acids is 1. The van der Waals surface area contributed by atoms with Crippen LogP contribution < -0.4 is 15.5 Å². The number of hydrogen-bond acceptors (Lipinski definition) is 5. The fourth-order valence-corrected chi connectivity index (χ4v) is 4.15. The molecular weight excluding hydrogens is 457 g/mol. The molecule has 2 heterocycles. The van der Waals surface area contributed by atoms with Gasteiger partial charge in [0.1, 0.15) is 9.80 Å². The zero-order valence-corrected chi connectivity index (χ0v) is 15.7. The molecule has 128 valence electrons. The smallest absolute Gasteiger partial charge is 0.335 e. The highest BCUT2D eigenvalue weighted by Gasteiger charge is 2.41. The van der Waals surface area contributed by atoms with Gasteiger partial charge >= 0.3 is 5.97 Å². The molecule has 6 nitrogen and oxygen atoms in total. The van der Waals surface area contributed by atoms with E-state index < -0.39 is 5.97 Å². The third-order valence-corrected chi connectivity index (χ3v) is 6.03. The maximum absolute atomic E-state index is 11.1. The number of fused-ring (bicyclic) bond motifs is 3. The number of hydrazone groups is 1. The number of carboxylic acids is 1. The number of nitrogens with zero attached hydrogens (tertiary/aromatic N) is 2. The summed E-state index contributed by atoms with van der Waals surface area (Å²) < 4.78 is 5.86. The zero-order valence-electron chi connectivity index (χ0n) is 12.8. The average Bonchev–Trinajstić information content (AvgIpc) is 2.94. The summed E-state index contributed by atoms with van der Waals surface area (Å²) in [7, 11) is 0. The van der Waals surface area contributed by atoms with Gasteiger partial charge in [-0.3, -0.25) is 5.01 Å². The average molecular weight is 470 g/mol. The van der Waals surface area contributed by atoms with Gasteiger partial charge in [-0.1, -0.05) is 34.2 Å². The van der Waals surface area contributed by atoms with E-state index in [0.717, 1.165) is 17.0 Å². The van der Waals surface area contributed by atoms with Gasteiger partial charge < -0.3 is 15.6 Å². The summed E-state index contributed by atoms with van der Waals surface area (Å²) >= 11 is 8.47. The number of rotatable bonds is 2. The number of nitrogen functional groups attached to an aromatic ring is 1. The van der Waals surface area contributed by atoms with Gasteiger partial charge in [0.05, 0.1) is 40.2 Å². The van der Waals surface area contributed by atoms with Crippen LogP contribution in [-0.4, -0.2) is 27.4 Å². The molecule has 0 aliphatic carbocycles. The van der Waals surface area contributed by atoms with Gasteiger partial charge in [-0.2, -0.15) is 5.10 Å². The Balaban J connectivity index is 1.75. The van der Waals surface area contributed by atoms with E-state index in [4.69, 9.17) is 32.3 Å². The first kappa shape index (κ1) is 16.5. The molecular formula is C17H13ClIN3O3. The molecule has 3 N–H and O–H groups in total. The van der Waals surface area contributed by atoms with Crippen LogP contribution in [0, 0.1) is 5.92 Å². The van der Waals surface area contributed by atoms with E-state index in [1.165, 1.54) is 0 Å². The Morgan fingerprint density at radius 1 is 1.36 bits per heavy atom. The third kappa shape index (κ3) is 2.71. The van der Waals surface area contributed by atoms with E-state index in [0.29, 0.717) is 23.1 Å². The molecule has 2 aliphatic rings. The first-order valence-corrected chi connectivity index (χ1v) is 9.15. The molecule has 0 saturated heterocycles. The van der Waals surface area contributed by atoms with Gasteiger partial charge in [-0.05, 0) is 36.4 Å². The fraction of sp³-hybridized carbons (Fsp3) is 0.176. The number of alkyl halides is 1. The Bertz CT molecular complexity index is 918. The normalized spacial score (nSPS) is 21.2. The number of benzene rings is 2. The van der Waals surface area contributed by atoms with Crippen LogP contribution >= 0.6 is 34.2 Å². The van der Waals surface area contributed by atoms with Crippen LogP contribution in [0.25, 0.3) is 0 Å². The van der Waals surface area contributed by atoms with Gasteiger partial charge in [0.2, 0.25) is 0 Å². The highest BCUT2D eigenvalue weighted by atomic mass is 127. The second kappa shape index (κ2) is 6.06. The number of nitrogens with two attached hydrogens (primary N) is 1. The highest BCUT2D eigenvalue weighted by Crippen LogP contribution is 2.40. The molecule has 4 rings (SSSR count). The molecule has 0 bridgehead atoms. The lowest BCUT2D eigenvalue weighted by molar-refractivity contribution is 0.0696. The van der Waals surface area contributed by atoms with Gasteiger partial charge in [0.25, 0.3) is 0 Å². The summed E-state index contributed by atoms with van der Waals surface area (Å²) in [6.45, 7) is 0.446. The predicted octanol–water partition coefficient (Wildman–Crippen LogP) is 3.61. The van der Waals surface area contributed by atoms with Gasteiger partial charge in [-0.15, -0.1) is 0 Å². The van der Waals surface area contributed by atoms with Crippen molar-refractivity contribution in [1.82, 2.24) is 0 Å². The molecule has 2 aliphatic heterocycles. The van der Waals surface area contributed by atoms with Crippen molar-refractivity contribution in [1.29, 1.82) is 0 Å². The Morgan fingerprint density at radius 3 is 2.88 bits per heavy atom. The maximum Gasteiger partial charge on any atom is 0.335 e. The number of hydrogen-bond donors (Lipinski definition) is 2. The first-order chi connectivity index (χ1) is 12.0. The molecule has 0 amide bonds. The molecule has 0 saturated carbocycles. The second-order valence-corrected chi connectivity index (χ2v) is 7.53. The minimum absolute atomic E-state index is 0.0552. The number of ether oxygens (including phenoxy) is 1. The van der Waals surface area contributed by atoms with Gasteiger partial charge in [0.15, 0.2) is 0 Å². The Kier molecular flexibility index (Phi) is 3.99. The van der Waals surface area contributed by atoms with Crippen molar-refractivity contribution in [3.63, 3.8) is 0 Å². The molecule has 25 heavy (non-hydrogen) atoms. The zero-order chi connectivity index (χ0) is 17.7. The van der Waals surface area contributed by atoms with Crippen LogP contribution in [0.1, 0.15) is 15.9 Å². The van der Waals surface area contributed by atoms with Gasteiger partial charge in [-0.25, -0.2) is 4.79 Å². The quantitative estimate of drug-likeness (QED) is 0.304. The SMILES string of the molecule is Nc1ccc(N2N=C3c4ccc(C(=O)O)cc4OC[C@H]3[C@H]2I)cc1Cl. The summed E-state index contributed by atoms with van der Waals surface area (Å²) in [5.41, 5.74) is 9.08. The Morgan fingerprint density at radius 2 is 2.16 bits per heavy atom. The van der Waals surface area contributed by atoms with Crippen LogP contribution in [0.4, 0.5) is 11.4 Å². The predicted molar refractivity (Wildman–Crippen MR) is 105 cm³/mol. The van der Waals surface area contributed by atoms with Crippen LogP contribution in [0.2, 0.25) is 5.02 Å². The van der Waals surface area contributed by atoms with E-state index in [9.17, 15) is 4.79 Å². The summed E-state index contributed by atoms with van der Waals surface area (Å²) in [4.78, 5) is 11.1. The standard InChI is InChI=1S/C17H13ClIN3O3/c18-12-6-9(2-4-13(12)20)22-16(19)11-7-25-14-5-8(17(23)24)1-3-10(14)15(11)21-22/h1-6,11,16H,7,20H2,(H,23,24)/t11-,16+/m1/s1. The number of carbonyl (C=O) groups is 1. The monoisotopic (exact) mass is 469 g/mol. The van der Waals surface area contributed by atoms with Crippen LogP contribution in [0.5, 0.6) is 5.75 Å². The lowest BCUT2D eigenvalue weighted by atomic mass is 9.94. The maximum atomic E-state index is 11.1. The highest BCUT2D eigenvalue weighted by molar-refractivity contribution is 14.1. The minimum Gasteiger partial charge on any atom is -0.492 e. The van der Waals surface area contributed by atoms with E-state index in [-0.39, 0.29) is 15.5 Å². The summed E-state index contributed by atoms with van der Waals surface area (Å²) in [5, 5.41) is 16.3. The molecule has 8 heteroatoms. The third-order valence-electron chi connectivity index (χ3n) is 4.30. The topological polar surface area (TPSA) is 88.2 Å². The molecule has 0 fully saturated rings. The molecule has 0 radical (unpaired) electrons. The number of halogens is 2. The van der Waals surface area contributed by atoms with Crippen molar-refractivity contribution >= 4 is 57.2 Å².